The molecular weight excluding hydrogens is 336 g/mol. The minimum Gasteiger partial charge on any atom is -0.439 e. The van der Waals surface area contributed by atoms with Gasteiger partial charge in [0.2, 0.25) is 0 Å². The highest BCUT2D eigenvalue weighted by atomic mass is 79.9. The van der Waals surface area contributed by atoms with E-state index in [1.807, 2.05) is 6.92 Å². The highest BCUT2D eigenvalue weighted by Crippen LogP contribution is 2.32. The van der Waals surface area contributed by atoms with Crippen molar-refractivity contribution in [2.24, 2.45) is 5.92 Å². The Kier molecular flexibility index (Phi) is 5.69. The third-order valence-corrected chi connectivity index (χ3v) is 4.15. The van der Waals surface area contributed by atoms with E-state index in [1.165, 1.54) is 5.56 Å². The normalized spacial score (nSPS) is 11.2. The number of hydrogen-bond acceptors (Lipinski definition) is 4. The van der Waals surface area contributed by atoms with Crippen molar-refractivity contribution in [3.05, 3.63) is 40.2 Å². The number of nitrogens with one attached hydrogen (secondary N) is 1. The number of hydrogen-bond donors (Lipinski definition) is 1. The van der Waals surface area contributed by atoms with E-state index in [0.717, 1.165) is 28.2 Å². The van der Waals surface area contributed by atoms with Gasteiger partial charge in [-0.3, -0.25) is 0 Å². The third kappa shape index (κ3) is 4.65. The van der Waals surface area contributed by atoms with Crippen LogP contribution in [0.25, 0.3) is 0 Å². The Hall–Kier alpha value is -0.780. The largest absolute Gasteiger partial charge is 0.439 e. The maximum absolute atomic E-state index is 5.42. The molecule has 0 aliphatic carbocycles. The van der Waals surface area contributed by atoms with Gasteiger partial charge in [-0.2, -0.15) is 0 Å². The number of aryl methyl sites for hydroxylation is 1. The molecule has 20 heavy (non-hydrogen) atoms. The molecule has 2 aromatic rings. The lowest BCUT2D eigenvalue weighted by Crippen LogP contribution is -2.19. The average molecular weight is 355 g/mol. The van der Waals surface area contributed by atoms with Crippen molar-refractivity contribution in [2.75, 3.05) is 6.54 Å². The molecule has 0 spiro atoms. The Morgan fingerprint density at radius 1 is 1.40 bits per heavy atom. The van der Waals surface area contributed by atoms with Gasteiger partial charge in [-0.05, 0) is 48.8 Å². The second kappa shape index (κ2) is 7.29. The van der Waals surface area contributed by atoms with Gasteiger partial charge in [0, 0.05) is 15.9 Å². The van der Waals surface area contributed by atoms with Gasteiger partial charge in [-0.1, -0.05) is 35.8 Å². The van der Waals surface area contributed by atoms with Crippen LogP contribution in [0.2, 0.25) is 0 Å². The SMILES string of the molecule is Cc1coc(Sc2cc(Br)ccc2CNCC(C)C)n1. The molecule has 3 nitrogen and oxygen atoms in total. The summed E-state index contributed by atoms with van der Waals surface area (Å²) in [7, 11) is 0. The van der Waals surface area contributed by atoms with Crippen LogP contribution in [0, 0.1) is 12.8 Å². The quantitative estimate of drug-likeness (QED) is 0.819. The van der Waals surface area contributed by atoms with E-state index in [2.05, 4.69) is 58.3 Å². The summed E-state index contributed by atoms with van der Waals surface area (Å²) in [6.45, 7) is 8.21. The summed E-state index contributed by atoms with van der Waals surface area (Å²) in [6, 6.07) is 6.31. The first kappa shape index (κ1) is 15.6. The molecule has 1 aromatic heterocycles. The maximum Gasteiger partial charge on any atom is 0.260 e. The first-order valence-corrected chi connectivity index (χ1v) is 8.24. The van der Waals surface area contributed by atoms with E-state index in [4.69, 9.17) is 4.42 Å². The van der Waals surface area contributed by atoms with Crippen molar-refractivity contribution in [3.8, 4) is 0 Å². The summed E-state index contributed by atoms with van der Waals surface area (Å²) in [6.07, 6.45) is 1.68. The van der Waals surface area contributed by atoms with Crippen molar-refractivity contribution in [3.63, 3.8) is 0 Å². The average Bonchev–Trinajstić information content (AvgIpc) is 2.77. The standard InChI is InChI=1S/C15H19BrN2OS/c1-10(2)7-17-8-12-4-5-13(16)6-14(12)20-15-18-11(3)9-19-15/h4-6,9-10,17H,7-8H2,1-3H3. The highest BCUT2D eigenvalue weighted by Gasteiger charge is 2.09. The van der Waals surface area contributed by atoms with Crippen molar-refractivity contribution in [1.29, 1.82) is 0 Å². The van der Waals surface area contributed by atoms with Crippen LogP contribution < -0.4 is 5.32 Å². The predicted octanol–water partition coefficient (Wildman–Crippen LogP) is 4.64. The van der Waals surface area contributed by atoms with Crippen LogP contribution in [0.15, 0.2) is 43.5 Å². The molecular formula is C15H19BrN2OS. The zero-order valence-electron chi connectivity index (χ0n) is 11.9. The molecule has 0 unspecified atom stereocenters. The van der Waals surface area contributed by atoms with Crippen molar-refractivity contribution in [2.45, 2.75) is 37.4 Å². The van der Waals surface area contributed by atoms with Crippen LogP contribution in [0.1, 0.15) is 25.1 Å². The minimum atomic E-state index is 0.649. The Bertz CT molecular complexity index is 569. The van der Waals surface area contributed by atoms with Crippen molar-refractivity contribution >= 4 is 27.7 Å². The molecule has 0 bridgehead atoms. The zero-order valence-corrected chi connectivity index (χ0v) is 14.3. The van der Waals surface area contributed by atoms with Crippen LogP contribution in [-0.2, 0) is 6.54 Å². The van der Waals surface area contributed by atoms with Gasteiger partial charge in [-0.15, -0.1) is 0 Å². The second-order valence-electron chi connectivity index (χ2n) is 5.13. The first-order chi connectivity index (χ1) is 9.54. The molecule has 1 aromatic carbocycles. The van der Waals surface area contributed by atoms with Gasteiger partial charge in [0.15, 0.2) is 0 Å². The van der Waals surface area contributed by atoms with Gasteiger partial charge in [0.25, 0.3) is 5.22 Å². The Morgan fingerprint density at radius 2 is 2.20 bits per heavy atom. The molecule has 0 saturated heterocycles. The predicted molar refractivity (Wildman–Crippen MR) is 86.0 cm³/mol. The zero-order chi connectivity index (χ0) is 14.5. The lowest BCUT2D eigenvalue weighted by Gasteiger charge is -2.11. The van der Waals surface area contributed by atoms with E-state index < -0.39 is 0 Å². The first-order valence-electron chi connectivity index (χ1n) is 6.63. The summed E-state index contributed by atoms with van der Waals surface area (Å²) >= 11 is 5.08. The van der Waals surface area contributed by atoms with Gasteiger partial charge in [-0.25, -0.2) is 4.98 Å². The van der Waals surface area contributed by atoms with Gasteiger partial charge in [0.1, 0.15) is 6.26 Å². The van der Waals surface area contributed by atoms with Gasteiger partial charge >= 0.3 is 0 Å². The van der Waals surface area contributed by atoms with E-state index in [0.29, 0.717) is 11.1 Å². The monoisotopic (exact) mass is 354 g/mol. The number of nitrogens with zero attached hydrogens (tertiary/aromatic N) is 1. The van der Waals surface area contributed by atoms with Crippen LogP contribution in [-0.4, -0.2) is 11.5 Å². The topological polar surface area (TPSA) is 38.1 Å². The van der Waals surface area contributed by atoms with E-state index in [1.54, 1.807) is 18.0 Å². The fourth-order valence-corrected chi connectivity index (χ4v) is 3.18. The summed E-state index contributed by atoms with van der Waals surface area (Å²) in [5.74, 6) is 0.649. The molecule has 1 N–H and O–H groups in total. The van der Waals surface area contributed by atoms with Crippen LogP contribution in [0.5, 0.6) is 0 Å². The molecule has 0 aliphatic heterocycles. The van der Waals surface area contributed by atoms with E-state index in [-0.39, 0.29) is 0 Å². The molecule has 0 atom stereocenters. The second-order valence-corrected chi connectivity index (χ2v) is 7.04. The fourth-order valence-electron chi connectivity index (χ4n) is 1.74. The van der Waals surface area contributed by atoms with E-state index >= 15 is 0 Å². The number of oxazole rings is 1. The van der Waals surface area contributed by atoms with Crippen LogP contribution >= 0.6 is 27.7 Å². The summed E-state index contributed by atoms with van der Waals surface area (Å²) in [5.41, 5.74) is 2.16. The van der Waals surface area contributed by atoms with Gasteiger partial charge in [0.05, 0.1) is 5.69 Å². The molecule has 108 valence electrons. The van der Waals surface area contributed by atoms with Crippen molar-refractivity contribution in [1.82, 2.24) is 10.3 Å². The minimum absolute atomic E-state index is 0.649. The molecule has 0 fully saturated rings. The van der Waals surface area contributed by atoms with Crippen LogP contribution in [0.4, 0.5) is 0 Å². The lowest BCUT2D eigenvalue weighted by molar-refractivity contribution is 0.454. The summed E-state index contributed by atoms with van der Waals surface area (Å²) < 4.78 is 6.49. The number of halogens is 1. The molecule has 0 aliphatic rings. The highest BCUT2D eigenvalue weighted by molar-refractivity contribution is 9.10. The van der Waals surface area contributed by atoms with E-state index in [9.17, 15) is 0 Å². The van der Waals surface area contributed by atoms with Crippen molar-refractivity contribution < 1.29 is 4.42 Å². The number of benzene rings is 1. The number of aromatic nitrogens is 1. The van der Waals surface area contributed by atoms with Crippen LogP contribution in [0.3, 0.4) is 0 Å². The molecule has 2 rings (SSSR count). The molecule has 5 heteroatoms. The maximum atomic E-state index is 5.42. The fraction of sp³-hybridized carbons (Fsp3) is 0.400. The number of rotatable bonds is 6. The Balaban J connectivity index is 2.11. The van der Waals surface area contributed by atoms with Gasteiger partial charge < -0.3 is 9.73 Å². The lowest BCUT2D eigenvalue weighted by atomic mass is 10.2. The summed E-state index contributed by atoms with van der Waals surface area (Å²) in [4.78, 5) is 5.51. The Morgan fingerprint density at radius 3 is 2.85 bits per heavy atom. The summed E-state index contributed by atoms with van der Waals surface area (Å²) in [5, 5.41) is 4.16. The molecule has 0 radical (unpaired) electrons. The third-order valence-electron chi connectivity index (χ3n) is 2.69. The molecule has 1 heterocycles. The smallest absolute Gasteiger partial charge is 0.260 e. The molecule has 0 amide bonds. The molecule has 0 saturated carbocycles. The Labute approximate surface area is 132 Å².